The zero-order chi connectivity index (χ0) is 12.1. The summed E-state index contributed by atoms with van der Waals surface area (Å²) in [5.74, 6) is 0. The van der Waals surface area contributed by atoms with Crippen molar-refractivity contribution in [1.82, 2.24) is 14.9 Å². The highest BCUT2D eigenvalue weighted by Gasteiger charge is 2.09. The summed E-state index contributed by atoms with van der Waals surface area (Å²) in [5, 5.41) is 12.2. The van der Waals surface area contributed by atoms with Crippen LogP contribution in [0.25, 0.3) is 0 Å². The Kier molecular flexibility index (Phi) is 4.51. The first kappa shape index (κ1) is 12.7. The lowest BCUT2D eigenvalue weighted by Crippen LogP contribution is -2.34. The van der Waals surface area contributed by atoms with Gasteiger partial charge in [0.15, 0.2) is 0 Å². The lowest BCUT2D eigenvalue weighted by atomic mass is 10.2. The molecule has 0 saturated heterocycles. The van der Waals surface area contributed by atoms with Crippen LogP contribution >= 0.6 is 0 Å². The molecule has 0 aromatic carbocycles. The predicted octanol–water partition coefficient (Wildman–Crippen LogP) is 1.78. The van der Waals surface area contributed by atoms with Gasteiger partial charge < -0.3 is 4.57 Å². The summed E-state index contributed by atoms with van der Waals surface area (Å²) in [6.45, 7) is 9.00. The van der Waals surface area contributed by atoms with Crippen molar-refractivity contribution in [3.63, 3.8) is 0 Å². The maximum Gasteiger partial charge on any atom is 0.0972 e. The van der Waals surface area contributed by atoms with E-state index < -0.39 is 0 Å². The molecule has 4 nitrogen and oxygen atoms in total. The molecule has 0 radical (unpaired) electrons. The monoisotopic (exact) mass is 220 g/mol. The van der Waals surface area contributed by atoms with Crippen molar-refractivity contribution < 1.29 is 0 Å². The van der Waals surface area contributed by atoms with E-state index in [9.17, 15) is 0 Å². The Morgan fingerprint density at radius 2 is 2.19 bits per heavy atom. The summed E-state index contributed by atoms with van der Waals surface area (Å²) in [6, 6.07) is 2.55. The number of nitrogens with one attached hydrogen (secondary N) is 1. The molecule has 16 heavy (non-hydrogen) atoms. The second-order valence-electron chi connectivity index (χ2n) is 4.40. The first-order chi connectivity index (χ1) is 7.54. The van der Waals surface area contributed by atoms with Gasteiger partial charge >= 0.3 is 0 Å². The van der Waals surface area contributed by atoms with Gasteiger partial charge in [0.05, 0.1) is 24.1 Å². The van der Waals surface area contributed by atoms with Gasteiger partial charge in [-0.25, -0.2) is 4.98 Å². The molecule has 1 aromatic heterocycles. The van der Waals surface area contributed by atoms with Crippen LogP contribution in [0.15, 0.2) is 6.33 Å². The number of imidazole rings is 1. The zero-order valence-corrected chi connectivity index (χ0v) is 10.5. The van der Waals surface area contributed by atoms with Crippen LogP contribution in [0, 0.1) is 25.2 Å². The Balaban J connectivity index is 2.50. The molecule has 0 aliphatic heterocycles. The quantitative estimate of drug-likeness (QED) is 0.823. The first-order valence-electron chi connectivity index (χ1n) is 5.68. The second kappa shape index (κ2) is 5.66. The van der Waals surface area contributed by atoms with Crippen molar-refractivity contribution in [1.29, 1.82) is 5.26 Å². The van der Waals surface area contributed by atoms with Crippen molar-refractivity contribution in [2.24, 2.45) is 0 Å². The van der Waals surface area contributed by atoms with E-state index >= 15 is 0 Å². The van der Waals surface area contributed by atoms with Crippen LogP contribution in [0.1, 0.15) is 31.7 Å². The number of hydrogen-bond donors (Lipinski definition) is 1. The van der Waals surface area contributed by atoms with Crippen LogP contribution in [-0.2, 0) is 6.54 Å². The Hall–Kier alpha value is -1.34. The fourth-order valence-electron chi connectivity index (χ4n) is 1.63. The van der Waals surface area contributed by atoms with Crippen LogP contribution < -0.4 is 5.32 Å². The number of nitriles is 1. The highest BCUT2D eigenvalue weighted by Crippen LogP contribution is 2.06. The van der Waals surface area contributed by atoms with E-state index in [0.29, 0.717) is 6.04 Å². The summed E-state index contributed by atoms with van der Waals surface area (Å²) < 4.78 is 2.10. The van der Waals surface area contributed by atoms with Gasteiger partial charge in [0.2, 0.25) is 0 Å². The van der Waals surface area contributed by atoms with Gasteiger partial charge in [0, 0.05) is 18.3 Å². The number of aromatic nitrogens is 2. The van der Waals surface area contributed by atoms with Gasteiger partial charge in [-0.15, -0.1) is 0 Å². The predicted molar refractivity (Wildman–Crippen MR) is 64.0 cm³/mol. The van der Waals surface area contributed by atoms with E-state index in [1.165, 1.54) is 5.69 Å². The third-order valence-electron chi connectivity index (χ3n) is 2.69. The topological polar surface area (TPSA) is 53.6 Å². The van der Waals surface area contributed by atoms with Crippen LogP contribution in [-0.4, -0.2) is 21.6 Å². The first-order valence-corrected chi connectivity index (χ1v) is 5.68. The summed E-state index contributed by atoms with van der Waals surface area (Å²) in [5.41, 5.74) is 2.24. The van der Waals surface area contributed by atoms with Crippen LogP contribution in [0.5, 0.6) is 0 Å². The van der Waals surface area contributed by atoms with Crippen molar-refractivity contribution >= 4 is 0 Å². The maximum atomic E-state index is 8.99. The highest BCUT2D eigenvalue weighted by molar-refractivity contribution is 5.08. The molecule has 0 spiro atoms. The molecule has 0 aliphatic rings. The Morgan fingerprint density at radius 1 is 1.50 bits per heavy atom. The van der Waals surface area contributed by atoms with Gasteiger partial charge in [-0.3, -0.25) is 5.32 Å². The van der Waals surface area contributed by atoms with Crippen LogP contribution in [0.4, 0.5) is 0 Å². The van der Waals surface area contributed by atoms with Crippen molar-refractivity contribution in [3.8, 4) is 6.07 Å². The zero-order valence-electron chi connectivity index (χ0n) is 10.5. The molecular weight excluding hydrogens is 200 g/mol. The van der Waals surface area contributed by atoms with E-state index in [4.69, 9.17) is 5.26 Å². The fraction of sp³-hybridized carbons (Fsp3) is 0.667. The molecule has 1 heterocycles. The lowest BCUT2D eigenvalue weighted by Gasteiger charge is -2.15. The molecule has 4 heteroatoms. The number of nitrogens with zero attached hydrogens (tertiary/aromatic N) is 3. The summed E-state index contributed by atoms with van der Waals surface area (Å²) in [7, 11) is 0. The van der Waals surface area contributed by atoms with Gasteiger partial charge in [0.25, 0.3) is 0 Å². The molecule has 0 saturated carbocycles. The van der Waals surface area contributed by atoms with Gasteiger partial charge in [-0.2, -0.15) is 5.26 Å². The largest absolute Gasteiger partial charge is 0.335 e. The van der Waals surface area contributed by atoms with E-state index in [1.54, 1.807) is 0 Å². The third kappa shape index (κ3) is 3.35. The minimum atomic E-state index is -0.0814. The number of rotatable bonds is 5. The molecule has 0 bridgehead atoms. The molecule has 1 unspecified atom stereocenters. The molecule has 1 atom stereocenters. The Bertz CT molecular complexity index is 373. The third-order valence-corrected chi connectivity index (χ3v) is 2.69. The van der Waals surface area contributed by atoms with E-state index in [0.717, 1.165) is 18.7 Å². The van der Waals surface area contributed by atoms with Gasteiger partial charge in [0.1, 0.15) is 0 Å². The average Bonchev–Trinajstić information content (AvgIpc) is 2.54. The molecule has 1 aromatic rings. The Morgan fingerprint density at radius 3 is 2.62 bits per heavy atom. The molecule has 0 amide bonds. The average molecular weight is 220 g/mol. The van der Waals surface area contributed by atoms with E-state index in [-0.39, 0.29) is 6.04 Å². The molecular formula is C12H20N4. The van der Waals surface area contributed by atoms with Crippen LogP contribution in [0.3, 0.4) is 0 Å². The number of aryl methyl sites for hydroxylation is 2. The molecule has 0 aliphatic carbocycles. The molecule has 88 valence electrons. The second-order valence-corrected chi connectivity index (χ2v) is 4.40. The molecule has 1 N–H and O–H groups in total. The lowest BCUT2D eigenvalue weighted by molar-refractivity contribution is 0.474. The fourth-order valence-corrected chi connectivity index (χ4v) is 1.63. The maximum absolute atomic E-state index is 8.99. The highest BCUT2D eigenvalue weighted by atomic mass is 15.1. The van der Waals surface area contributed by atoms with Crippen LogP contribution in [0.2, 0.25) is 0 Å². The smallest absolute Gasteiger partial charge is 0.0972 e. The van der Waals surface area contributed by atoms with Crippen molar-refractivity contribution in [3.05, 3.63) is 17.7 Å². The molecule has 0 fully saturated rings. The SMILES string of the molecule is Cc1ncn(CCC(C#N)NC(C)C)c1C. The number of hydrogen-bond acceptors (Lipinski definition) is 3. The standard InChI is InChI=1S/C12H20N4/c1-9(2)15-12(7-13)5-6-16-8-14-10(3)11(16)4/h8-9,12,15H,5-6H2,1-4H3. The van der Waals surface area contributed by atoms with E-state index in [2.05, 4.69) is 41.7 Å². The normalized spacial score (nSPS) is 12.8. The summed E-state index contributed by atoms with van der Waals surface area (Å²) in [6.07, 6.45) is 2.65. The van der Waals surface area contributed by atoms with Gasteiger partial charge in [-0.05, 0) is 34.1 Å². The van der Waals surface area contributed by atoms with Crippen molar-refractivity contribution in [2.75, 3.05) is 0 Å². The van der Waals surface area contributed by atoms with E-state index in [1.807, 2.05) is 13.3 Å². The summed E-state index contributed by atoms with van der Waals surface area (Å²) in [4.78, 5) is 4.24. The van der Waals surface area contributed by atoms with Crippen molar-refractivity contribution in [2.45, 2.75) is 52.7 Å². The minimum Gasteiger partial charge on any atom is -0.335 e. The van der Waals surface area contributed by atoms with Gasteiger partial charge in [-0.1, -0.05) is 0 Å². The Labute approximate surface area is 97.3 Å². The minimum absolute atomic E-state index is 0.0814. The summed E-state index contributed by atoms with van der Waals surface area (Å²) >= 11 is 0. The molecule has 1 rings (SSSR count).